The van der Waals surface area contributed by atoms with Crippen LogP contribution in [-0.4, -0.2) is 39.6 Å². The Morgan fingerprint density at radius 1 is 1.19 bits per heavy atom. The van der Waals surface area contributed by atoms with Crippen molar-refractivity contribution in [1.29, 1.82) is 0 Å². The number of benzene rings is 2. The zero-order valence-corrected chi connectivity index (χ0v) is 15.1. The van der Waals surface area contributed by atoms with Crippen molar-refractivity contribution in [1.82, 2.24) is 19.4 Å². The third-order valence-corrected chi connectivity index (χ3v) is 5.14. The third kappa shape index (κ3) is 3.14. The van der Waals surface area contributed by atoms with Gasteiger partial charge in [0.05, 0.1) is 17.1 Å². The molecular weight excluding hydrogens is 347 g/mol. The second-order valence-corrected chi connectivity index (χ2v) is 6.78. The molecule has 0 spiro atoms. The Morgan fingerprint density at radius 3 is 2.74 bits per heavy atom. The van der Waals surface area contributed by atoms with Crippen LogP contribution in [0.5, 0.6) is 0 Å². The number of aromatic nitrogens is 2. The quantitative estimate of drug-likeness (QED) is 0.765. The molecule has 2 aromatic carbocycles. The summed E-state index contributed by atoms with van der Waals surface area (Å²) in [7, 11) is 1.70. The fourth-order valence-electron chi connectivity index (χ4n) is 3.76. The first-order chi connectivity index (χ1) is 13.1. The van der Waals surface area contributed by atoms with Gasteiger partial charge in [-0.25, -0.2) is 9.18 Å². The lowest BCUT2D eigenvalue weighted by molar-refractivity contribution is -0.135. The fourth-order valence-corrected chi connectivity index (χ4v) is 3.76. The minimum atomic E-state index is -0.323. The molecule has 3 aromatic rings. The van der Waals surface area contributed by atoms with E-state index in [-0.39, 0.29) is 30.0 Å². The molecule has 0 aliphatic carbocycles. The van der Waals surface area contributed by atoms with Crippen molar-refractivity contribution in [2.75, 3.05) is 19.6 Å². The maximum Gasteiger partial charge on any atom is 0.329 e. The predicted molar refractivity (Wildman–Crippen MR) is 101 cm³/mol. The van der Waals surface area contributed by atoms with Crippen LogP contribution in [0.15, 0.2) is 53.3 Å². The molecule has 7 heteroatoms. The Hall–Kier alpha value is -2.93. The van der Waals surface area contributed by atoms with Crippen molar-refractivity contribution in [3.8, 4) is 0 Å². The molecule has 140 valence electrons. The minimum absolute atomic E-state index is 0.0357. The Labute approximate surface area is 155 Å². The molecule has 0 radical (unpaired) electrons. The summed E-state index contributed by atoms with van der Waals surface area (Å²) >= 11 is 0. The zero-order chi connectivity index (χ0) is 19.0. The molecule has 1 aliphatic heterocycles. The number of amides is 1. The molecule has 6 nitrogen and oxygen atoms in total. The maximum absolute atomic E-state index is 13.7. The number of para-hydroxylation sites is 2. The molecule has 4 rings (SSSR count). The topological polar surface area (TPSA) is 59.3 Å². The van der Waals surface area contributed by atoms with E-state index >= 15 is 0 Å². The number of carbonyl (C=O) groups excluding carboxylic acids is 1. The SMILES string of the molecule is Cn1c(=O)n(CC(=O)N2CCNCC2c2cccc(F)c2)c2ccccc21. The number of piperazine rings is 1. The van der Waals surface area contributed by atoms with Gasteiger partial charge in [0.15, 0.2) is 0 Å². The van der Waals surface area contributed by atoms with Crippen molar-refractivity contribution in [3.05, 3.63) is 70.4 Å². The normalized spacial score (nSPS) is 17.4. The summed E-state index contributed by atoms with van der Waals surface area (Å²) in [6, 6.07) is 13.5. The van der Waals surface area contributed by atoms with Crippen LogP contribution in [0.2, 0.25) is 0 Å². The van der Waals surface area contributed by atoms with Gasteiger partial charge in [-0.1, -0.05) is 24.3 Å². The van der Waals surface area contributed by atoms with E-state index in [0.717, 1.165) is 16.6 Å². The van der Waals surface area contributed by atoms with Gasteiger partial charge in [0, 0.05) is 26.7 Å². The third-order valence-electron chi connectivity index (χ3n) is 5.14. The number of hydrogen-bond donors (Lipinski definition) is 1. The van der Waals surface area contributed by atoms with Crippen LogP contribution in [0.1, 0.15) is 11.6 Å². The summed E-state index contributed by atoms with van der Waals surface area (Å²) in [5.74, 6) is -0.472. The van der Waals surface area contributed by atoms with Crippen LogP contribution in [0.4, 0.5) is 4.39 Å². The summed E-state index contributed by atoms with van der Waals surface area (Å²) < 4.78 is 16.7. The Morgan fingerprint density at radius 2 is 1.96 bits per heavy atom. The number of nitrogens with zero attached hydrogens (tertiary/aromatic N) is 3. The van der Waals surface area contributed by atoms with Crippen molar-refractivity contribution in [2.24, 2.45) is 7.05 Å². The van der Waals surface area contributed by atoms with Crippen molar-refractivity contribution in [3.63, 3.8) is 0 Å². The Kier molecular flexibility index (Phi) is 4.53. The molecule has 0 bridgehead atoms. The van der Waals surface area contributed by atoms with Crippen LogP contribution in [-0.2, 0) is 18.4 Å². The van der Waals surface area contributed by atoms with Crippen LogP contribution >= 0.6 is 0 Å². The van der Waals surface area contributed by atoms with Gasteiger partial charge in [0.2, 0.25) is 5.91 Å². The van der Waals surface area contributed by atoms with Gasteiger partial charge in [-0.2, -0.15) is 0 Å². The van der Waals surface area contributed by atoms with Gasteiger partial charge in [0.1, 0.15) is 12.4 Å². The highest BCUT2D eigenvalue weighted by atomic mass is 19.1. The van der Waals surface area contributed by atoms with Gasteiger partial charge in [0.25, 0.3) is 0 Å². The molecule has 1 saturated heterocycles. The number of nitrogens with one attached hydrogen (secondary N) is 1. The second kappa shape index (κ2) is 7.00. The number of aryl methyl sites for hydroxylation is 1. The molecular formula is C20H21FN4O2. The van der Waals surface area contributed by atoms with Crippen molar-refractivity contribution in [2.45, 2.75) is 12.6 Å². The Bertz CT molecular complexity index is 1060. The molecule has 1 unspecified atom stereocenters. The average molecular weight is 368 g/mol. The number of halogens is 1. The highest BCUT2D eigenvalue weighted by Gasteiger charge is 2.29. The molecule has 1 N–H and O–H groups in total. The van der Waals surface area contributed by atoms with Crippen LogP contribution in [0.25, 0.3) is 11.0 Å². The number of carbonyl (C=O) groups is 1. The molecule has 2 heterocycles. The predicted octanol–water partition coefficient (Wildman–Crippen LogP) is 1.65. The summed E-state index contributed by atoms with van der Waals surface area (Å²) in [4.78, 5) is 27.4. The number of imidazole rings is 1. The van der Waals surface area contributed by atoms with E-state index < -0.39 is 0 Å². The van der Waals surface area contributed by atoms with Crippen LogP contribution in [0, 0.1) is 5.82 Å². The van der Waals surface area contributed by atoms with Gasteiger partial charge in [-0.05, 0) is 29.8 Å². The van der Waals surface area contributed by atoms with Crippen molar-refractivity contribution >= 4 is 16.9 Å². The number of rotatable bonds is 3. The van der Waals surface area contributed by atoms with E-state index in [9.17, 15) is 14.0 Å². The molecule has 1 aromatic heterocycles. The highest BCUT2D eigenvalue weighted by Crippen LogP contribution is 2.23. The number of hydrogen-bond acceptors (Lipinski definition) is 3. The van der Waals surface area contributed by atoms with E-state index in [1.54, 1.807) is 22.6 Å². The largest absolute Gasteiger partial charge is 0.332 e. The summed E-state index contributed by atoms with van der Waals surface area (Å²) in [6.45, 7) is 1.70. The van der Waals surface area contributed by atoms with E-state index in [2.05, 4.69) is 5.32 Å². The molecule has 1 fully saturated rings. The first-order valence-electron chi connectivity index (χ1n) is 8.96. The first kappa shape index (κ1) is 17.5. The van der Waals surface area contributed by atoms with Gasteiger partial charge in [-0.3, -0.25) is 13.9 Å². The summed E-state index contributed by atoms with van der Waals surface area (Å²) in [5.41, 5.74) is 2.05. The average Bonchev–Trinajstić information content (AvgIpc) is 2.93. The molecule has 27 heavy (non-hydrogen) atoms. The molecule has 0 saturated carbocycles. The van der Waals surface area contributed by atoms with E-state index in [4.69, 9.17) is 0 Å². The Balaban J connectivity index is 1.66. The second-order valence-electron chi connectivity index (χ2n) is 6.78. The molecule has 1 amide bonds. The highest BCUT2D eigenvalue weighted by molar-refractivity contribution is 5.81. The van der Waals surface area contributed by atoms with Gasteiger partial charge >= 0.3 is 5.69 Å². The zero-order valence-electron chi connectivity index (χ0n) is 15.1. The van der Waals surface area contributed by atoms with Crippen LogP contribution in [0.3, 0.4) is 0 Å². The van der Waals surface area contributed by atoms with Gasteiger partial charge < -0.3 is 10.2 Å². The summed E-state index contributed by atoms with van der Waals surface area (Å²) in [5, 5.41) is 3.26. The fraction of sp³-hybridized carbons (Fsp3) is 0.300. The minimum Gasteiger partial charge on any atom is -0.332 e. The van der Waals surface area contributed by atoms with Crippen LogP contribution < -0.4 is 11.0 Å². The van der Waals surface area contributed by atoms with E-state index in [0.29, 0.717) is 19.6 Å². The maximum atomic E-state index is 13.7. The smallest absolute Gasteiger partial charge is 0.329 e. The molecule has 1 atom stereocenters. The lowest BCUT2D eigenvalue weighted by Gasteiger charge is -2.36. The number of fused-ring (bicyclic) bond motifs is 1. The standard InChI is InChI=1S/C20H21FN4O2/c1-23-16-7-2-3-8-17(16)25(20(23)27)13-19(26)24-10-9-22-12-18(24)14-5-4-6-15(21)11-14/h2-8,11,18,22H,9-10,12-13H2,1H3. The summed E-state index contributed by atoms with van der Waals surface area (Å²) in [6.07, 6.45) is 0. The van der Waals surface area contributed by atoms with Crippen molar-refractivity contribution < 1.29 is 9.18 Å². The van der Waals surface area contributed by atoms with E-state index in [1.807, 2.05) is 30.3 Å². The lowest BCUT2D eigenvalue weighted by Crippen LogP contribution is -2.50. The lowest BCUT2D eigenvalue weighted by atomic mass is 10.0. The molecule has 1 aliphatic rings. The first-order valence-corrected chi connectivity index (χ1v) is 8.96. The van der Waals surface area contributed by atoms with Gasteiger partial charge in [-0.15, -0.1) is 0 Å². The monoisotopic (exact) mass is 368 g/mol. The van der Waals surface area contributed by atoms with E-state index in [1.165, 1.54) is 16.7 Å².